The summed E-state index contributed by atoms with van der Waals surface area (Å²) in [5.74, 6) is 0.564. The molecule has 0 spiro atoms. The number of hydrogen-bond acceptors (Lipinski definition) is 5. The molecular formula is C27H44FN3O2. The van der Waals surface area contributed by atoms with E-state index in [9.17, 15) is 4.39 Å². The molecule has 0 amide bonds. The minimum absolute atomic E-state index is 0.170. The summed E-state index contributed by atoms with van der Waals surface area (Å²) in [4.78, 5) is 11.2. The lowest BCUT2D eigenvalue weighted by Crippen LogP contribution is -2.38. The number of halogens is 1. The Labute approximate surface area is 200 Å². The molecule has 1 fully saturated rings. The molecule has 6 heteroatoms. The summed E-state index contributed by atoms with van der Waals surface area (Å²) in [6, 6.07) is 6.58. The molecule has 1 unspecified atom stereocenters. The van der Waals surface area contributed by atoms with Crippen LogP contribution >= 0.6 is 0 Å². The maximum Gasteiger partial charge on any atom is 0.236 e. The first-order valence-electron chi connectivity index (χ1n) is 12.1. The van der Waals surface area contributed by atoms with E-state index in [-0.39, 0.29) is 16.8 Å². The highest BCUT2D eigenvalue weighted by Crippen LogP contribution is 2.34. The monoisotopic (exact) mass is 461 g/mol. The molecule has 0 aliphatic carbocycles. The lowest BCUT2D eigenvalue weighted by Gasteiger charge is -2.29. The van der Waals surface area contributed by atoms with Crippen molar-refractivity contribution in [3.63, 3.8) is 0 Å². The highest BCUT2D eigenvalue weighted by molar-refractivity contribution is 6.40. The molecule has 1 aromatic carbocycles. The van der Waals surface area contributed by atoms with E-state index in [4.69, 9.17) is 9.47 Å². The van der Waals surface area contributed by atoms with Gasteiger partial charge in [-0.05, 0) is 77.1 Å². The Bertz CT molecular complexity index is 786. The molecule has 0 saturated carbocycles. The third-order valence-corrected chi connectivity index (χ3v) is 5.59. The zero-order valence-electron chi connectivity index (χ0n) is 21.8. The fraction of sp³-hybridized carbons (Fsp3) is 0.630. The Morgan fingerprint density at radius 1 is 1.21 bits per heavy atom. The van der Waals surface area contributed by atoms with Crippen LogP contribution in [0.25, 0.3) is 0 Å². The molecular weight excluding hydrogens is 417 g/mol. The van der Waals surface area contributed by atoms with Crippen molar-refractivity contribution in [1.29, 1.82) is 0 Å². The van der Waals surface area contributed by atoms with Gasteiger partial charge in [0.25, 0.3) is 0 Å². The van der Waals surface area contributed by atoms with Crippen molar-refractivity contribution in [2.45, 2.75) is 72.8 Å². The molecule has 5 nitrogen and oxygen atoms in total. The van der Waals surface area contributed by atoms with E-state index in [1.807, 2.05) is 34.6 Å². The fourth-order valence-corrected chi connectivity index (χ4v) is 3.75. The number of ether oxygens (including phenoxy) is 2. The first-order valence-corrected chi connectivity index (χ1v) is 12.1. The average Bonchev–Trinajstić information content (AvgIpc) is 2.95. The van der Waals surface area contributed by atoms with Gasteiger partial charge in [0.1, 0.15) is 11.3 Å². The molecule has 33 heavy (non-hydrogen) atoms. The van der Waals surface area contributed by atoms with Gasteiger partial charge in [0, 0.05) is 19.8 Å². The van der Waals surface area contributed by atoms with Gasteiger partial charge in [-0.1, -0.05) is 39.5 Å². The molecule has 0 radical (unpaired) electrons. The van der Waals surface area contributed by atoms with E-state index in [0.717, 1.165) is 44.5 Å². The third kappa shape index (κ3) is 10.5. The molecule has 2 rings (SSSR count). The second kappa shape index (κ2) is 14.1. The van der Waals surface area contributed by atoms with Crippen LogP contribution in [-0.2, 0) is 4.74 Å². The lowest BCUT2D eigenvalue weighted by molar-refractivity contribution is 0.120. The zero-order valence-corrected chi connectivity index (χ0v) is 21.8. The summed E-state index contributed by atoms with van der Waals surface area (Å²) < 4.78 is 25.5. The largest absolute Gasteiger partial charge is 0.490 e. The molecule has 1 aliphatic rings. The predicted molar refractivity (Wildman–Crippen MR) is 138 cm³/mol. The maximum atomic E-state index is 13.8. The van der Waals surface area contributed by atoms with Crippen LogP contribution in [0, 0.1) is 11.2 Å². The number of hydrogen-bond donors (Lipinski definition) is 0. The Kier molecular flexibility index (Phi) is 12.3. The van der Waals surface area contributed by atoms with Crippen molar-refractivity contribution < 1.29 is 13.9 Å². The highest BCUT2D eigenvalue weighted by atomic mass is 19.1. The highest BCUT2D eigenvalue weighted by Gasteiger charge is 2.29. The van der Waals surface area contributed by atoms with E-state index >= 15 is 0 Å². The van der Waals surface area contributed by atoms with Crippen molar-refractivity contribution in [2.75, 3.05) is 33.3 Å². The third-order valence-electron chi connectivity index (χ3n) is 5.59. The summed E-state index contributed by atoms with van der Waals surface area (Å²) in [6.45, 7) is 19.2. The van der Waals surface area contributed by atoms with Gasteiger partial charge in [-0.2, -0.15) is 0 Å². The van der Waals surface area contributed by atoms with Crippen molar-refractivity contribution in [3.8, 4) is 5.75 Å². The quantitative estimate of drug-likeness (QED) is 0.326. The Balaban J connectivity index is 0.00000265. The lowest BCUT2D eigenvalue weighted by atomic mass is 9.80. The summed E-state index contributed by atoms with van der Waals surface area (Å²) >= 11 is 0. The van der Waals surface area contributed by atoms with Gasteiger partial charge >= 0.3 is 0 Å². The Morgan fingerprint density at radius 2 is 1.91 bits per heavy atom. The molecule has 1 aliphatic heterocycles. The van der Waals surface area contributed by atoms with Crippen LogP contribution in [0.1, 0.15) is 67.2 Å². The molecule has 0 bridgehead atoms. The average molecular weight is 462 g/mol. The first-order chi connectivity index (χ1) is 15.7. The van der Waals surface area contributed by atoms with Gasteiger partial charge in [-0.3, -0.25) is 9.89 Å². The molecule has 1 saturated heterocycles. The van der Waals surface area contributed by atoms with Gasteiger partial charge in [0.15, 0.2) is 11.6 Å². The number of rotatable bonds is 8. The first kappa shape index (κ1) is 28.8. The van der Waals surface area contributed by atoms with Crippen LogP contribution in [0.4, 0.5) is 4.39 Å². The number of para-hydroxylation sites is 1. The van der Waals surface area contributed by atoms with Crippen LogP contribution in [0.3, 0.4) is 0 Å². The zero-order chi connectivity index (χ0) is 24.9. The molecule has 186 valence electrons. The van der Waals surface area contributed by atoms with Crippen molar-refractivity contribution >= 4 is 11.6 Å². The van der Waals surface area contributed by atoms with E-state index < -0.39 is 0 Å². The molecule has 1 heterocycles. The standard InChI is InChI=1S/C25H38FN3O2.C2H6/c1-7-28-23(31-24(2,3)4)21(27-6)19-29-16-10-13-25(5,14-17-29)15-18-30-22-12-9-8-11-20(22)26;1-2/h7-9,11-12H,1,10,13-19H2,2-6H3;1-2H3. The van der Waals surface area contributed by atoms with E-state index in [1.165, 1.54) is 12.3 Å². The second-order valence-corrected chi connectivity index (χ2v) is 9.47. The molecule has 1 aromatic rings. The summed E-state index contributed by atoms with van der Waals surface area (Å²) in [6.07, 6.45) is 5.68. The smallest absolute Gasteiger partial charge is 0.236 e. The minimum atomic E-state index is -0.354. The van der Waals surface area contributed by atoms with Crippen LogP contribution in [0.5, 0.6) is 5.75 Å². The van der Waals surface area contributed by atoms with Gasteiger partial charge in [0.05, 0.1) is 6.61 Å². The Morgan fingerprint density at radius 3 is 2.52 bits per heavy atom. The number of likely N-dealkylation sites (tertiary alicyclic amines) is 1. The molecule has 0 aromatic heterocycles. The van der Waals surface area contributed by atoms with E-state index in [1.54, 1.807) is 25.2 Å². The van der Waals surface area contributed by atoms with Crippen molar-refractivity contribution in [1.82, 2.24) is 4.90 Å². The second-order valence-electron chi connectivity index (χ2n) is 9.47. The van der Waals surface area contributed by atoms with E-state index in [2.05, 4.69) is 28.4 Å². The topological polar surface area (TPSA) is 46.4 Å². The molecule has 1 atom stereocenters. The SMILES string of the molecule is C=CN=C(OC(C)(C)C)C(CN1CCCC(C)(CCOc2ccccc2F)CC1)=NC.CC. The van der Waals surface area contributed by atoms with Gasteiger partial charge in [0.2, 0.25) is 5.90 Å². The maximum absolute atomic E-state index is 13.8. The minimum Gasteiger partial charge on any atom is -0.490 e. The van der Waals surface area contributed by atoms with Crippen LogP contribution < -0.4 is 4.74 Å². The van der Waals surface area contributed by atoms with Crippen LogP contribution in [0.15, 0.2) is 47.0 Å². The van der Waals surface area contributed by atoms with Gasteiger partial charge in [-0.15, -0.1) is 0 Å². The normalized spacial score (nSPS) is 20.4. The summed E-state index contributed by atoms with van der Waals surface area (Å²) in [5, 5.41) is 0. The van der Waals surface area contributed by atoms with E-state index in [0.29, 0.717) is 24.8 Å². The van der Waals surface area contributed by atoms with Crippen molar-refractivity contribution in [3.05, 3.63) is 42.9 Å². The number of aliphatic imine (C=N–C) groups is 2. The number of benzene rings is 1. The predicted octanol–water partition coefficient (Wildman–Crippen LogP) is 6.54. The van der Waals surface area contributed by atoms with Crippen molar-refractivity contribution in [2.24, 2.45) is 15.4 Å². The van der Waals surface area contributed by atoms with Crippen LogP contribution in [0.2, 0.25) is 0 Å². The van der Waals surface area contributed by atoms with Crippen LogP contribution in [-0.4, -0.2) is 55.4 Å². The molecule has 0 N–H and O–H groups in total. The Hall–Kier alpha value is -2.21. The fourth-order valence-electron chi connectivity index (χ4n) is 3.75. The summed E-state index contributed by atoms with van der Waals surface area (Å²) in [5.41, 5.74) is 0.651. The van der Waals surface area contributed by atoms with Gasteiger partial charge in [-0.25, -0.2) is 9.38 Å². The van der Waals surface area contributed by atoms with Gasteiger partial charge < -0.3 is 9.47 Å². The number of nitrogens with zero attached hydrogens (tertiary/aromatic N) is 3. The summed E-state index contributed by atoms with van der Waals surface area (Å²) in [7, 11) is 1.78.